The average molecular weight is 581 g/mol. The van der Waals surface area contributed by atoms with E-state index in [1.54, 1.807) is 12.1 Å². The number of hydrazone groups is 1. The van der Waals surface area contributed by atoms with Gasteiger partial charge in [-0.25, -0.2) is 9.37 Å². The molecular formula is C17H12ClFIN5OSZn. The Balaban J connectivity index is 0.00000136. The maximum atomic E-state index is 13.3. The van der Waals surface area contributed by atoms with Gasteiger partial charge in [0.15, 0.2) is 5.82 Å². The van der Waals surface area contributed by atoms with Gasteiger partial charge in [0.2, 0.25) is 0 Å². The number of amidine groups is 1. The normalized spacial score (nSPS) is 11.4. The van der Waals surface area contributed by atoms with Gasteiger partial charge in [0.25, 0.3) is 5.56 Å². The van der Waals surface area contributed by atoms with Gasteiger partial charge in [0, 0.05) is 10.6 Å². The monoisotopic (exact) mass is 579 g/mol. The zero-order valence-corrected chi connectivity index (χ0v) is 21.3. The van der Waals surface area contributed by atoms with E-state index in [0.717, 1.165) is 20.9 Å². The molecule has 0 fully saturated rings. The first-order chi connectivity index (χ1) is 13.5. The molecule has 1 aromatic heterocycles. The molecule has 0 bridgehead atoms. The Bertz CT molecular complexity index is 1090. The zero-order valence-electron chi connectivity index (χ0n) is 14.6. The van der Waals surface area contributed by atoms with Crippen LogP contribution >= 0.6 is 32.3 Å². The van der Waals surface area contributed by atoms with Crippen LogP contribution < -0.4 is 11.0 Å². The van der Waals surface area contributed by atoms with E-state index in [1.165, 1.54) is 42.1 Å². The summed E-state index contributed by atoms with van der Waals surface area (Å²) in [6.45, 7) is 0. The molecule has 1 N–H and O–H groups in total. The minimum atomic E-state index is -0.392. The molecule has 0 aliphatic heterocycles. The van der Waals surface area contributed by atoms with Crippen molar-refractivity contribution in [3.63, 3.8) is 0 Å². The third-order valence-corrected chi connectivity index (χ3v) is 4.43. The van der Waals surface area contributed by atoms with Crippen LogP contribution in [0, 0.1) is 9.39 Å². The summed E-state index contributed by atoms with van der Waals surface area (Å²) in [5.41, 5.74) is 3.31. The summed E-state index contributed by atoms with van der Waals surface area (Å²) in [7, 11) is 6.30. The van der Waals surface area contributed by atoms with E-state index in [0.29, 0.717) is 16.6 Å². The summed E-state index contributed by atoms with van der Waals surface area (Å²) >= 11 is 7.88. The molecule has 0 spiro atoms. The van der Waals surface area contributed by atoms with Crippen LogP contribution in [0.4, 0.5) is 4.39 Å². The van der Waals surface area contributed by atoms with Gasteiger partial charge in [-0.2, -0.15) is 5.10 Å². The molecule has 0 saturated carbocycles. The molecule has 0 aliphatic carbocycles. The first kappa shape index (κ1) is 22.8. The van der Waals surface area contributed by atoms with Crippen molar-refractivity contribution in [2.45, 2.75) is 0 Å². The summed E-state index contributed by atoms with van der Waals surface area (Å²) in [5.74, 6) is -0.112. The van der Waals surface area contributed by atoms with Crippen molar-refractivity contribution in [1.29, 1.82) is 0 Å². The molecule has 0 saturated heterocycles. The molecular weight excluding hydrogens is 569 g/mol. The summed E-state index contributed by atoms with van der Waals surface area (Å²) in [4.78, 5) is 21.3. The number of nitrogens with zero attached hydrogens (tertiary/aromatic N) is 4. The standard InChI is InChI=1S/C17H13FIN5OS.ClH.Zn/c1-20-17(26)23-21-9-15-22-14-7-4-11(19)8-13(14)16(25)24(15)12-5-2-10(18)3-6-12;;/h2-9H,1H3,(H2,20,23,26);1H;/q;;+2/p-2/b21-9+;;. The van der Waals surface area contributed by atoms with E-state index in [2.05, 4.69) is 43.1 Å². The fourth-order valence-corrected chi connectivity index (χ4v) is 2.84. The molecule has 3 aromatic rings. The van der Waals surface area contributed by atoms with Crippen molar-refractivity contribution < 1.29 is 21.7 Å². The van der Waals surface area contributed by atoms with Gasteiger partial charge in [-0.15, -0.1) is 0 Å². The molecule has 2 aromatic carbocycles. The summed E-state index contributed by atoms with van der Waals surface area (Å²) in [6, 6.07) is 11.0. The van der Waals surface area contributed by atoms with Crippen LogP contribution in [0.2, 0.25) is 0 Å². The van der Waals surface area contributed by atoms with Crippen molar-refractivity contribution in [3.8, 4) is 5.69 Å². The van der Waals surface area contributed by atoms with Crippen LogP contribution in [0.3, 0.4) is 0 Å². The van der Waals surface area contributed by atoms with Gasteiger partial charge >= 0.3 is 27.0 Å². The third-order valence-electron chi connectivity index (χ3n) is 3.48. The van der Waals surface area contributed by atoms with Crippen molar-refractivity contribution >= 4 is 67.2 Å². The SMILES string of the molecule is CN=C([S-])N/N=C/c1nc2ccc(I)cc2c(=O)n1-c1ccc(F)cc1.[Cl][Zn+]. The van der Waals surface area contributed by atoms with E-state index < -0.39 is 5.82 Å². The van der Waals surface area contributed by atoms with Crippen molar-refractivity contribution in [1.82, 2.24) is 15.0 Å². The summed E-state index contributed by atoms with van der Waals surface area (Å²) in [5, 5.41) is 4.64. The topological polar surface area (TPSA) is 71.6 Å². The van der Waals surface area contributed by atoms with Gasteiger partial charge in [-0.3, -0.25) is 19.8 Å². The number of hydrogen-bond acceptors (Lipinski definition) is 5. The van der Waals surface area contributed by atoms with E-state index in [1.807, 2.05) is 6.07 Å². The van der Waals surface area contributed by atoms with Gasteiger partial charge in [-0.1, -0.05) is 0 Å². The number of benzene rings is 2. The Kier molecular flexibility index (Phi) is 8.87. The number of halogens is 3. The Morgan fingerprint density at radius 3 is 2.64 bits per heavy atom. The number of rotatable bonds is 3. The Hall–Kier alpha value is -1.49. The van der Waals surface area contributed by atoms with Crippen LogP contribution in [0.5, 0.6) is 0 Å². The number of hydrogen-bond donors (Lipinski definition) is 1. The summed E-state index contributed by atoms with van der Waals surface area (Å²) in [6.07, 6.45) is 1.37. The quantitative estimate of drug-likeness (QED) is 0.129. The zero-order chi connectivity index (χ0) is 20.7. The molecule has 3 rings (SSSR count). The molecule has 28 heavy (non-hydrogen) atoms. The van der Waals surface area contributed by atoms with Crippen LogP contribution in [-0.4, -0.2) is 28.0 Å². The van der Waals surface area contributed by atoms with Gasteiger partial charge in [-0.05, 0) is 70.2 Å². The van der Waals surface area contributed by atoms with Crippen molar-refractivity contribution in [3.05, 3.63) is 68.0 Å². The van der Waals surface area contributed by atoms with E-state index in [4.69, 9.17) is 22.3 Å². The van der Waals surface area contributed by atoms with Crippen LogP contribution in [0.15, 0.2) is 57.4 Å². The molecule has 140 valence electrons. The van der Waals surface area contributed by atoms with Crippen LogP contribution in [-0.2, 0) is 29.9 Å². The molecule has 0 aliphatic rings. The van der Waals surface area contributed by atoms with Crippen molar-refractivity contribution in [2.75, 3.05) is 7.05 Å². The molecule has 6 nitrogen and oxygen atoms in total. The van der Waals surface area contributed by atoms with Gasteiger partial charge in [0.1, 0.15) is 5.82 Å². The van der Waals surface area contributed by atoms with E-state index in [-0.39, 0.29) is 16.6 Å². The maximum absolute atomic E-state index is 13.3. The number of aliphatic imine (C=N–C) groups is 1. The second-order valence-corrected chi connectivity index (χ2v) is 6.78. The molecule has 11 heteroatoms. The minimum absolute atomic E-state index is 0.201. The molecule has 0 atom stereocenters. The number of nitrogens with one attached hydrogen (secondary N) is 1. The predicted octanol–water partition coefficient (Wildman–Crippen LogP) is 3.27. The molecule has 0 amide bonds. The van der Waals surface area contributed by atoms with Gasteiger partial charge < -0.3 is 12.6 Å². The Labute approximate surface area is 193 Å². The van der Waals surface area contributed by atoms with Gasteiger partial charge in [0.05, 0.1) is 22.8 Å². The molecule has 0 radical (unpaired) electrons. The first-order valence-corrected chi connectivity index (χ1v) is 13.1. The van der Waals surface area contributed by atoms with Crippen LogP contribution in [0.1, 0.15) is 5.82 Å². The first-order valence-electron chi connectivity index (χ1n) is 7.67. The average Bonchev–Trinajstić information content (AvgIpc) is 2.71. The predicted molar refractivity (Wildman–Crippen MR) is 117 cm³/mol. The molecule has 1 heterocycles. The third kappa shape index (κ3) is 5.53. The second kappa shape index (κ2) is 10.9. The van der Waals surface area contributed by atoms with Crippen LogP contribution in [0.25, 0.3) is 16.6 Å². The summed E-state index contributed by atoms with van der Waals surface area (Å²) < 4.78 is 15.6. The number of fused-ring (bicyclic) bond motifs is 1. The van der Waals surface area contributed by atoms with Crippen molar-refractivity contribution in [2.24, 2.45) is 10.1 Å². The molecule has 0 unspecified atom stereocenters. The van der Waals surface area contributed by atoms with E-state index in [9.17, 15) is 9.18 Å². The fourth-order valence-electron chi connectivity index (χ4n) is 2.30. The van der Waals surface area contributed by atoms with E-state index >= 15 is 0 Å². The Morgan fingerprint density at radius 2 is 2.00 bits per heavy atom. The number of aromatic nitrogens is 2. The Morgan fingerprint density at radius 1 is 1.32 bits per heavy atom. The second-order valence-electron chi connectivity index (χ2n) is 5.15. The fraction of sp³-hybridized carbons (Fsp3) is 0.0588.